The van der Waals surface area contributed by atoms with E-state index < -0.39 is 0 Å². The Morgan fingerprint density at radius 3 is 2.67 bits per heavy atom. The van der Waals surface area contributed by atoms with Crippen molar-refractivity contribution >= 4 is 17.2 Å². The molecule has 0 saturated heterocycles. The zero-order chi connectivity index (χ0) is 13.3. The number of nitrogens with one attached hydrogen (secondary N) is 1. The Morgan fingerprint density at radius 1 is 1.56 bits per heavy atom. The molecule has 0 bridgehead atoms. The maximum atomic E-state index is 11.9. The summed E-state index contributed by atoms with van der Waals surface area (Å²) in [4.78, 5) is 17.5. The first-order valence-electron chi connectivity index (χ1n) is 6.42. The second kappa shape index (κ2) is 4.97. The van der Waals surface area contributed by atoms with Crippen LogP contribution in [0.5, 0.6) is 0 Å². The molecule has 2 rings (SSSR count). The number of carbonyl (C=O) groups is 1. The first-order chi connectivity index (χ1) is 8.39. The maximum Gasteiger partial charge on any atom is 0.222 e. The molecular formula is C13H21N3OS. The Hall–Kier alpha value is -0.940. The first kappa shape index (κ1) is 13.5. The van der Waals surface area contributed by atoms with Crippen molar-refractivity contribution in [1.29, 1.82) is 0 Å². The third-order valence-electron chi connectivity index (χ3n) is 3.57. The summed E-state index contributed by atoms with van der Waals surface area (Å²) >= 11 is 1.65. The zero-order valence-electron chi connectivity index (χ0n) is 11.2. The topological polar surface area (TPSA) is 68.0 Å². The quantitative estimate of drug-likeness (QED) is 0.879. The van der Waals surface area contributed by atoms with E-state index in [9.17, 15) is 4.79 Å². The van der Waals surface area contributed by atoms with Crippen LogP contribution in [-0.2, 0) is 4.79 Å². The number of rotatable bonds is 4. The number of amides is 1. The standard InChI is InChI=1S/C13H21N3OS/c1-8-12(18-10(3)15-8)9(2)16-11(17)7-13(14)5-4-6-13/h9H,4-7,14H2,1-3H3,(H,16,17). The smallest absolute Gasteiger partial charge is 0.222 e. The number of thiazole rings is 1. The van der Waals surface area contributed by atoms with E-state index in [0.29, 0.717) is 6.42 Å². The van der Waals surface area contributed by atoms with Crippen LogP contribution < -0.4 is 11.1 Å². The first-order valence-corrected chi connectivity index (χ1v) is 7.23. The summed E-state index contributed by atoms with van der Waals surface area (Å²) in [6, 6.07) is 0.0207. The van der Waals surface area contributed by atoms with Crippen LogP contribution in [0.4, 0.5) is 0 Å². The van der Waals surface area contributed by atoms with Gasteiger partial charge in [-0.1, -0.05) is 0 Å². The van der Waals surface area contributed by atoms with Crippen LogP contribution in [0.1, 0.15) is 54.2 Å². The highest BCUT2D eigenvalue weighted by Crippen LogP contribution is 2.32. The van der Waals surface area contributed by atoms with Gasteiger partial charge >= 0.3 is 0 Å². The molecule has 4 nitrogen and oxygen atoms in total. The molecule has 100 valence electrons. The molecule has 1 heterocycles. The molecular weight excluding hydrogens is 246 g/mol. The average molecular weight is 267 g/mol. The molecule has 0 aromatic carbocycles. The molecule has 1 aromatic heterocycles. The molecule has 1 aromatic rings. The van der Waals surface area contributed by atoms with Crippen LogP contribution in [0.3, 0.4) is 0 Å². The van der Waals surface area contributed by atoms with E-state index in [2.05, 4.69) is 10.3 Å². The van der Waals surface area contributed by atoms with Crippen molar-refractivity contribution in [3.63, 3.8) is 0 Å². The molecule has 0 spiro atoms. The minimum atomic E-state index is -0.248. The number of carbonyl (C=O) groups excluding carboxylic acids is 1. The zero-order valence-corrected chi connectivity index (χ0v) is 12.1. The summed E-state index contributed by atoms with van der Waals surface area (Å²) in [5.41, 5.74) is 6.84. The van der Waals surface area contributed by atoms with E-state index in [1.165, 1.54) is 0 Å². The highest BCUT2D eigenvalue weighted by Gasteiger charge is 2.35. The van der Waals surface area contributed by atoms with Gasteiger partial charge in [0.25, 0.3) is 0 Å². The molecule has 1 unspecified atom stereocenters. The van der Waals surface area contributed by atoms with Gasteiger partial charge in [0, 0.05) is 16.8 Å². The van der Waals surface area contributed by atoms with Gasteiger partial charge in [0.05, 0.1) is 16.7 Å². The van der Waals surface area contributed by atoms with Crippen molar-refractivity contribution in [2.45, 2.75) is 58.0 Å². The summed E-state index contributed by atoms with van der Waals surface area (Å²) in [5, 5.41) is 4.07. The average Bonchev–Trinajstić information content (AvgIpc) is 2.55. The Bertz CT molecular complexity index is 451. The summed E-state index contributed by atoms with van der Waals surface area (Å²) < 4.78 is 0. The van der Waals surface area contributed by atoms with E-state index in [-0.39, 0.29) is 17.5 Å². The monoisotopic (exact) mass is 267 g/mol. The summed E-state index contributed by atoms with van der Waals surface area (Å²) in [6.07, 6.45) is 3.52. The summed E-state index contributed by atoms with van der Waals surface area (Å²) in [7, 11) is 0. The molecule has 0 aliphatic heterocycles. The lowest BCUT2D eigenvalue weighted by Crippen LogP contribution is -2.50. The van der Waals surface area contributed by atoms with Crippen molar-refractivity contribution in [1.82, 2.24) is 10.3 Å². The molecule has 18 heavy (non-hydrogen) atoms. The highest BCUT2D eigenvalue weighted by molar-refractivity contribution is 7.11. The predicted molar refractivity (Wildman–Crippen MR) is 73.5 cm³/mol. The normalized spacial score (nSPS) is 19.1. The fourth-order valence-electron chi connectivity index (χ4n) is 2.43. The van der Waals surface area contributed by atoms with Gasteiger partial charge in [0.2, 0.25) is 5.91 Å². The molecule has 1 atom stereocenters. The number of hydrogen-bond donors (Lipinski definition) is 2. The van der Waals surface area contributed by atoms with E-state index >= 15 is 0 Å². The molecule has 1 saturated carbocycles. The number of nitrogens with zero attached hydrogens (tertiary/aromatic N) is 1. The number of nitrogens with two attached hydrogens (primary N) is 1. The second-order valence-electron chi connectivity index (χ2n) is 5.36. The lowest BCUT2D eigenvalue weighted by molar-refractivity contribution is -0.123. The fraction of sp³-hybridized carbons (Fsp3) is 0.692. The van der Waals surface area contributed by atoms with E-state index in [0.717, 1.165) is 34.8 Å². The molecule has 5 heteroatoms. The minimum absolute atomic E-state index is 0.0207. The highest BCUT2D eigenvalue weighted by atomic mass is 32.1. The van der Waals surface area contributed by atoms with Crippen LogP contribution in [0.15, 0.2) is 0 Å². The van der Waals surface area contributed by atoms with E-state index in [1.807, 2.05) is 20.8 Å². The van der Waals surface area contributed by atoms with Crippen molar-refractivity contribution < 1.29 is 4.79 Å². The molecule has 1 amide bonds. The Morgan fingerprint density at radius 2 is 2.22 bits per heavy atom. The predicted octanol–water partition coefficient (Wildman–Crippen LogP) is 2.21. The maximum absolute atomic E-state index is 11.9. The number of hydrogen-bond acceptors (Lipinski definition) is 4. The molecule has 1 fully saturated rings. The molecule has 0 radical (unpaired) electrons. The number of aryl methyl sites for hydroxylation is 2. The Balaban J connectivity index is 1.92. The molecule has 1 aliphatic rings. The van der Waals surface area contributed by atoms with Crippen molar-refractivity contribution in [3.8, 4) is 0 Å². The van der Waals surface area contributed by atoms with Gasteiger partial charge in [0.15, 0.2) is 0 Å². The largest absolute Gasteiger partial charge is 0.349 e. The third kappa shape index (κ3) is 2.90. The van der Waals surface area contributed by atoms with Crippen LogP contribution in [0, 0.1) is 13.8 Å². The van der Waals surface area contributed by atoms with Gasteiger partial charge in [-0.25, -0.2) is 4.98 Å². The van der Waals surface area contributed by atoms with Crippen LogP contribution >= 0.6 is 11.3 Å². The van der Waals surface area contributed by atoms with Gasteiger partial charge in [-0.3, -0.25) is 4.79 Å². The van der Waals surface area contributed by atoms with Gasteiger partial charge in [-0.05, 0) is 40.0 Å². The van der Waals surface area contributed by atoms with Gasteiger partial charge in [0.1, 0.15) is 0 Å². The SMILES string of the molecule is Cc1nc(C)c(C(C)NC(=O)CC2(N)CCC2)s1. The Kier molecular flexibility index (Phi) is 3.73. The lowest BCUT2D eigenvalue weighted by atomic mass is 9.75. The second-order valence-corrected chi connectivity index (χ2v) is 6.60. The fourth-order valence-corrected chi connectivity index (χ4v) is 3.36. The van der Waals surface area contributed by atoms with Gasteiger partial charge < -0.3 is 11.1 Å². The van der Waals surface area contributed by atoms with E-state index in [4.69, 9.17) is 5.73 Å². The van der Waals surface area contributed by atoms with Crippen molar-refractivity contribution in [2.24, 2.45) is 5.73 Å². The molecule has 3 N–H and O–H groups in total. The summed E-state index contributed by atoms with van der Waals surface area (Å²) in [5.74, 6) is 0.0511. The van der Waals surface area contributed by atoms with Gasteiger partial charge in [-0.2, -0.15) is 0 Å². The minimum Gasteiger partial charge on any atom is -0.349 e. The van der Waals surface area contributed by atoms with Crippen LogP contribution in [0.2, 0.25) is 0 Å². The lowest BCUT2D eigenvalue weighted by Gasteiger charge is -2.37. The number of aromatic nitrogens is 1. The van der Waals surface area contributed by atoms with Crippen molar-refractivity contribution in [2.75, 3.05) is 0 Å². The Labute approximate surface area is 112 Å². The van der Waals surface area contributed by atoms with Crippen LogP contribution in [-0.4, -0.2) is 16.4 Å². The van der Waals surface area contributed by atoms with Crippen LogP contribution in [0.25, 0.3) is 0 Å². The third-order valence-corrected chi connectivity index (χ3v) is 4.83. The van der Waals surface area contributed by atoms with Gasteiger partial charge in [-0.15, -0.1) is 11.3 Å². The van der Waals surface area contributed by atoms with Crippen molar-refractivity contribution in [3.05, 3.63) is 15.6 Å². The van der Waals surface area contributed by atoms with E-state index in [1.54, 1.807) is 11.3 Å². The summed E-state index contributed by atoms with van der Waals surface area (Å²) in [6.45, 7) is 5.97. The molecule has 1 aliphatic carbocycles.